The maximum atomic E-state index is 5.77. The molecule has 0 saturated carbocycles. The van der Waals surface area contributed by atoms with Crippen LogP contribution in [-0.4, -0.2) is 4.98 Å². The Morgan fingerprint density at radius 2 is 2.00 bits per heavy atom. The number of allylic oxidation sites excluding steroid dienone is 1. The van der Waals surface area contributed by atoms with Crippen LogP contribution in [0.5, 0.6) is 0 Å². The Kier molecular flexibility index (Phi) is 6.01. The number of halogens is 2. The Balaban J connectivity index is 2.27. The van der Waals surface area contributed by atoms with E-state index in [0.29, 0.717) is 0 Å². The third-order valence-corrected chi connectivity index (χ3v) is 4.54. The van der Waals surface area contributed by atoms with Gasteiger partial charge >= 0.3 is 0 Å². The molecule has 19 heavy (non-hydrogen) atoms. The van der Waals surface area contributed by atoms with Crippen LogP contribution in [0.1, 0.15) is 50.3 Å². The molecule has 1 aliphatic rings. The first-order valence-corrected chi connectivity index (χ1v) is 8.27. The van der Waals surface area contributed by atoms with E-state index in [9.17, 15) is 0 Å². The average molecular weight is 389 g/mol. The molecule has 1 atom stereocenters. The summed E-state index contributed by atoms with van der Waals surface area (Å²) in [6, 6.07) is 2.01. The average Bonchev–Trinajstić information content (AvgIpc) is 2.34. The number of nitrogens with one attached hydrogen (secondary N) is 1. The van der Waals surface area contributed by atoms with Crippen molar-refractivity contribution in [3.05, 3.63) is 38.6 Å². The van der Waals surface area contributed by atoms with Gasteiger partial charge in [0.05, 0.1) is 11.7 Å². The molecule has 3 N–H and O–H groups in total. The lowest BCUT2D eigenvalue weighted by Gasteiger charge is -2.22. The van der Waals surface area contributed by atoms with Crippen LogP contribution in [0.25, 0.3) is 0 Å². The van der Waals surface area contributed by atoms with Crippen molar-refractivity contribution >= 4 is 31.9 Å². The quantitative estimate of drug-likeness (QED) is 0.458. The highest BCUT2D eigenvalue weighted by Crippen LogP contribution is 2.32. The fourth-order valence-corrected chi connectivity index (χ4v) is 3.69. The topological polar surface area (TPSA) is 50.9 Å². The Hall–Kier alpha value is -0.230. The molecule has 0 amide bonds. The van der Waals surface area contributed by atoms with Crippen molar-refractivity contribution in [1.82, 2.24) is 10.4 Å². The van der Waals surface area contributed by atoms with Crippen LogP contribution in [0.2, 0.25) is 0 Å². The summed E-state index contributed by atoms with van der Waals surface area (Å²) in [7, 11) is 0. The number of hydrogen-bond donors (Lipinski definition) is 2. The maximum Gasteiger partial charge on any atom is 0.0853 e. The van der Waals surface area contributed by atoms with Crippen molar-refractivity contribution in [2.75, 3.05) is 0 Å². The van der Waals surface area contributed by atoms with E-state index in [4.69, 9.17) is 5.84 Å². The molecule has 0 spiro atoms. The molecular weight excluding hydrogens is 370 g/mol. The molecule has 0 bridgehead atoms. The van der Waals surface area contributed by atoms with Crippen molar-refractivity contribution in [2.45, 2.75) is 44.6 Å². The fraction of sp³-hybridized carbons (Fsp3) is 0.500. The Labute approximate surface area is 131 Å². The van der Waals surface area contributed by atoms with Gasteiger partial charge in [-0.2, -0.15) is 0 Å². The van der Waals surface area contributed by atoms with E-state index in [1.54, 1.807) is 0 Å². The summed E-state index contributed by atoms with van der Waals surface area (Å²) in [6.45, 7) is 0. The van der Waals surface area contributed by atoms with Crippen LogP contribution in [-0.2, 0) is 0 Å². The van der Waals surface area contributed by atoms with E-state index in [2.05, 4.69) is 48.3 Å². The number of aromatic nitrogens is 1. The summed E-state index contributed by atoms with van der Waals surface area (Å²) in [5.74, 6) is 5.77. The van der Waals surface area contributed by atoms with Crippen LogP contribution in [0, 0.1) is 0 Å². The lowest BCUT2D eigenvalue weighted by atomic mass is 9.93. The van der Waals surface area contributed by atoms with E-state index in [1.165, 1.54) is 31.3 Å². The van der Waals surface area contributed by atoms with Crippen molar-refractivity contribution in [3.63, 3.8) is 0 Å². The van der Waals surface area contributed by atoms with Crippen LogP contribution in [0.15, 0.2) is 32.9 Å². The lowest BCUT2D eigenvalue weighted by molar-refractivity contribution is 0.546. The van der Waals surface area contributed by atoms with Gasteiger partial charge in [0, 0.05) is 15.1 Å². The Morgan fingerprint density at radius 3 is 2.74 bits per heavy atom. The summed E-state index contributed by atoms with van der Waals surface area (Å²) in [5, 5.41) is 0. The minimum Gasteiger partial charge on any atom is -0.271 e. The minimum absolute atomic E-state index is 0.000532. The number of rotatable bonds is 3. The van der Waals surface area contributed by atoms with Crippen molar-refractivity contribution < 1.29 is 0 Å². The number of hydrazine groups is 1. The zero-order chi connectivity index (χ0) is 13.7. The summed E-state index contributed by atoms with van der Waals surface area (Å²) in [4.78, 5) is 4.50. The molecule has 0 aliphatic heterocycles. The van der Waals surface area contributed by atoms with Gasteiger partial charge in [0.25, 0.3) is 0 Å². The van der Waals surface area contributed by atoms with E-state index < -0.39 is 0 Å². The smallest absolute Gasteiger partial charge is 0.0853 e. The van der Waals surface area contributed by atoms with Gasteiger partial charge in [-0.05, 0) is 69.2 Å². The molecule has 0 radical (unpaired) electrons. The fourth-order valence-electron chi connectivity index (χ4n) is 2.48. The molecule has 3 nitrogen and oxygen atoms in total. The van der Waals surface area contributed by atoms with Gasteiger partial charge in [-0.3, -0.25) is 10.8 Å². The van der Waals surface area contributed by atoms with Crippen LogP contribution >= 0.6 is 31.9 Å². The molecule has 5 heteroatoms. The molecule has 1 aromatic heterocycles. The largest absolute Gasteiger partial charge is 0.271 e. The second-order valence-corrected chi connectivity index (χ2v) is 6.62. The van der Waals surface area contributed by atoms with Crippen LogP contribution in [0.4, 0.5) is 0 Å². The van der Waals surface area contributed by atoms with E-state index >= 15 is 0 Å². The molecule has 1 aliphatic carbocycles. The van der Waals surface area contributed by atoms with Gasteiger partial charge in [0.15, 0.2) is 0 Å². The predicted octanol–water partition coefficient (Wildman–Crippen LogP) is 4.39. The molecule has 104 valence electrons. The van der Waals surface area contributed by atoms with Gasteiger partial charge in [-0.25, -0.2) is 5.43 Å². The third-order valence-electron chi connectivity index (χ3n) is 3.47. The van der Waals surface area contributed by atoms with Crippen molar-refractivity contribution in [2.24, 2.45) is 5.84 Å². The molecule has 2 rings (SSSR count). The molecule has 1 aromatic rings. The number of hydrogen-bond acceptors (Lipinski definition) is 3. The highest BCUT2D eigenvalue weighted by Gasteiger charge is 2.19. The van der Waals surface area contributed by atoms with E-state index in [0.717, 1.165) is 27.5 Å². The van der Waals surface area contributed by atoms with Crippen LogP contribution < -0.4 is 11.3 Å². The van der Waals surface area contributed by atoms with Crippen molar-refractivity contribution in [1.29, 1.82) is 0 Å². The molecule has 0 fully saturated rings. The first-order valence-electron chi connectivity index (χ1n) is 6.68. The number of nitrogens with two attached hydrogens (primary N) is 1. The van der Waals surface area contributed by atoms with E-state index in [1.807, 2.05) is 12.3 Å². The van der Waals surface area contributed by atoms with Gasteiger partial charge in [0.2, 0.25) is 0 Å². The first kappa shape index (κ1) is 15.2. The standard InChI is InChI=1S/C14H19Br2N3/c15-11-8-12(16)14(18-9-11)13(19-17)10-6-4-2-1-3-5-7-10/h6,8-9,13,19H,1-5,7,17H2. The second kappa shape index (κ2) is 7.53. The lowest BCUT2D eigenvalue weighted by Crippen LogP contribution is -2.30. The van der Waals surface area contributed by atoms with Crippen LogP contribution in [0.3, 0.4) is 0 Å². The summed E-state index contributed by atoms with van der Waals surface area (Å²) >= 11 is 7.00. The predicted molar refractivity (Wildman–Crippen MR) is 85.5 cm³/mol. The van der Waals surface area contributed by atoms with Gasteiger partial charge < -0.3 is 0 Å². The summed E-state index contributed by atoms with van der Waals surface area (Å²) in [5.41, 5.74) is 5.24. The highest BCUT2D eigenvalue weighted by atomic mass is 79.9. The maximum absolute atomic E-state index is 5.77. The number of pyridine rings is 1. The monoisotopic (exact) mass is 387 g/mol. The molecule has 0 aromatic carbocycles. The molecule has 0 saturated heterocycles. The third kappa shape index (κ3) is 4.12. The summed E-state index contributed by atoms with van der Waals surface area (Å²) < 4.78 is 1.94. The Bertz CT molecular complexity index is 460. The van der Waals surface area contributed by atoms with E-state index in [-0.39, 0.29) is 6.04 Å². The van der Waals surface area contributed by atoms with Gasteiger partial charge in [-0.15, -0.1) is 0 Å². The molecule has 1 heterocycles. The summed E-state index contributed by atoms with van der Waals surface area (Å²) in [6.07, 6.45) is 11.5. The minimum atomic E-state index is 0.000532. The zero-order valence-corrected chi connectivity index (χ0v) is 14.0. The molecule has 1 unspecified atom stereocenters. The molecular formula is C14H19Br2N3. The SMILES string of the molecule is NNC(C1=CCCCCCC1)c1ncc(Br)cc1Br. The second-order valence-electron chi connectivity index (χ2n) is 4.85. The van der Waals surface area contributed by atoms with Gasteiger partial charge in [0.1, 0.15) is 0 Å². The van der Waals surface area contributed by atoms with Gasteiger partial charge in [-0.1, -0.05) is 18.9 Å². The highest BCUT2D eigenvalue weighted by molar-refractivity contribution is 9.11. The Morgan fingerprint density at radius 1 is 1.21 bits per heavy atom. The number of nitrogens with zero attached hydrogens (tertiary/aromatic N) is 1. The normalized spacial score (nSPS) is 18.4. The zero-order valence-electron chi connectivity index (χ0n) is 10.8. The van der Waals surface area contributed by atoms with Crippen molar-refractivity contribution in [3.8, 4) is 0 Å². The first-order chi connectivity index (χ1) is 9.22.